The second-order valence-corrected chi connectivity index (χ2v) is 14.9. The molecule has 3 fully saturated rings. The molecule has 1 nitrogen and oxygen atoms in total. The molecule has 0 amide bonds. The smallest absolute Gasteiger partial charge is 0.0780 e. The highest BCUT2D eigenvalue weighted by molar-refractivity contribution is 5.34. The van der Waals surface area contributed by atoms with Gasteiger partial charge in [0.15, 0.2) is 0 Å². The minimum Gasteiger partial charge on any atom is -0.388 e. The summed E-state index contributed by atoms with van der Waals surface area (Å²) >= 11 is 0. The summed E-state index contributed by atoms with van der Waals surface area (Å²) in [7, 11) is 0. The largest absolute Gasteiger partial charge is 0.388 e. The zero-order chi connectivity index (χ0) is 22.7. The average molecular weight is 425 g/mol. The number of aliphatic hydroxyl groups excluding tert-OH is 1. The summed E-state index contributed by atoms with van der Waals surface area (Å²) < 4.78 is 0. The van der Waals surface area contributed by atoms with Crippen molar-refractivity contribution >= 4 is 0 Å². The molecule has 0 aromatic heterocycles. The number of hydrogen-bond acceptors (Lipinski definition) is 1. The number of fused-ring (bicyclic) bond motifs is 7. The van der Waals surface area contributed by atoms with Gasteiger partial charge in [0, 0.05) is 5.41 Å². The second-order valence-electron chi connectivity index (χ2n) is 14.9. The quantitative estimate of drug-likeness (QED) is 0.391. The molecular weight excluding hydrogens is 376 g/mol. The molecule has 8 atom stereocenters. The van der Waals surface area contributed by atoms with Crippen LogP contribution < -0.4 is 0 Å². The van der Waals surface area contributed by atoms with Crippen molar-refractivity contribution in [3.05, 3.63) is 23.8 Å². The lowest BCUT2D eigenvalue weighted by molar-refractivity contribution is -0.190. The first-order chi connectivity index (χ1) is 14.2. The fraction of sp³-hybridized carbons (Fsp3) is 0.867. The first-order valence-electron chi connectivity index (χ1n) is 13.3. The van der Waals surface area contributed by atoms with Crippen molar-refractivity contribution in [3.8, 4) is 0 Å². The van der Waals surface area contributed by atoms with E-state index in [0.717, 1.165) is 5.92 Å². The van der Waals surface area contributed by atoms with Gasteiger partial charge in [-0.3, -0.25) is 0 Å². The standard InChI is InChI=1S/C30H48O/c1-25(2)15-16-27(5)17-18-28(6)20(21(27)19-25)9-10-23-29(28,7)14-11-22-26(3,4)13-12-24(31)30(22,23)8/h9,12-13,21-24,31H,10-11,14-19H2,1-8H3/t21?,22?,23?,24?,27-,28+,29-,30+/m1/s1. The Labute approximate surface area is 192 Å². The molecule has 0 radical (unpaired) electrons. The van der Waals surface area contributed by atoms with Crippen molar-refractivity contribution in [2.75, 3.05) is 0 Å². The van der Waals surface area contributed by atoms with Crippen molar-refractivity contribution in [1.29, 1.82) is 0 Å². The molecular formula is C30H48O. The number of allylic oxidation sites excluding steroid dienone is 3. The summed E-state index contributed by atoms with van der Waals surface area (Å²) in [6.45, 7) is 20.2. The van der Waals surface area contributed by atoms with Crippen molar-refractivity contribution < 1.29 is 5.11 Å². The van der Waals surface area contributed by atoms with Crippen LogP contribution in [0.3, 0.4) is 0 Å². The van der Waals surface area contributed by atoms with Crippen molar-refractivity contribution in [2.24, 2.45) is 50.2 Å². The van der Waals surface area contributed by atoms with E-state index >= 15 is 0 Å². The third-order valence-electron chi connectivity index (χ3n) is 12.5. The molecule has 0 bridgehead atoms. The predicted molar refractivity (Wildman–Crippen MR) is 131 cm³/mol. The summed E-state index contributed by atoms with van der Waals surface area (Å²) in [5.74, 6) is 1.89. The van der Waals surface area contributed by atoms with Crippen LogP contribution in [-0.4, -0.2) is 11.2 Å². The van der Waals surface area contributed by atoms with Crippen LogP contribution in [0.15, 0.2) is 23.8 Å². The Balaban J connectivity index is 1.61. The van der Waals surface area contributed by atoms with E-state index in [4.69, 9.17) is 0 Å². The molecule has 0 heterocycles. The summed E-state index contributed by atoms with van der Waals surface area (Å²) in [5.41, 5.74) is 3.52. The molecule has 174 valence electrons. The lowest BCUT2D eigenvalue weighted by Crippen LogP contribution is -2.65. The molecule has 0 aromatic carbocycles. The third-order valence-corrected chi connectivity index (χ3v) is 12.5. The summed E-state index contributed by atoms with van der Waals surface area (Å²) in [4.78, 5) is 0. The SMILES string of the molecule is CC1(C)CC[C@]2(C)CC[C@@]3(C)C(=CCC4[C@@]5(C)C(O)C=CC(C)(C)C5CC[C@]43C)C2C1. The van der Waals surface area contributed by atoms with Crippen LogP contribution in [0, 0.1) is 50.2 Å². The molecule has 0 saturated heterocycles. The Morgan fingerprint density at radius 1 is 0.839 bits per heavy atom. The van der Waals surface area contributed by atoms with E-state index in [1.54, 1.807) is 0 Å². The molecule has 4 unspecified atom stereocenters. The summed E-state index contributed by atoms with van der Waals surface area (Å²) in [6.07, 6.45) is 17.5. The topological polar surface area (TPSA) is 20.2 Å². The van der Waals surface area contributed by atoms with Gasteiger partial charge in [-0.2, -0.15) is 0 Å². The first-order valence-corrected chi connectivity index (χ1v) is 13.3. The first kappa shape index (κ1) is 22.2. The van der Waals surface area contributed by atoms with Crippen LogP contribution in [0.5, 0.6) is 0 Å². The number of rotatable bonds is 0. The van der Waals surface area contributed by atoms with Gasteiger partial charge in [-0.05, 0) is 96.2 Å². The van der Waals surface area contributed by atoms with Gasteiger partial charge >= 0.3 is 0 Å². The summed E-state index contributed by atoms with van der Waals surface area (Å²) in [6, 6.07) is 0. The van der Waals surface area contributed by atoms with Gasteiger partial charge in [-0.15, -0.1) is 0 Å². The molecule has 0 aromatic rings. The van der Waals surface area contributed by atoms with E-state index in [1.165, 1.54) is 51.4 Å². The Hall–Kier alpha value is -0.560. The molecule has 1 heteroatoms. The Morgan fingerprint density at radius 2 is 1.52 bits per heavy atom. The molecule has 5 aliphatic rings. The summed E-state index contributed by atoms with van der Waals surface area (Å²) in [5, 5.41) is 11.4. The monoisotopic (exact) mass is 424 g/mol. The van der Waals surface area contributed by atoms with Gasteiger partial charge in [0.25, 0.3) is 0 Å². The number of hydrogen-bond donors (Lipinski definition) is 1. The Bertz CT molecular complexity index is 831. The van der Waals surface area contributed by atoms with E-state index < -0.39 is 0 Å². The zero-order valence-corrected chi connectivity index (χ0v) is 21.6. The van der Waals surface area contributed by atoms with Gasteiger partial charge < -0.3 is 5.11 Å². The molecule has 0 aliphatic heterocycles. The Kier molecular flexibility index (Phi) is 4.53. The van der Waals surface area contributed by atoms with Crippen molar-refractivity contribution in [2.45, 2.75) is 113 Å². The van der Waals surface area contributed by atoms with Crippen LogP contribution in [0.25, 0.3) is 0 Å². The van der Waals surface area contributed by atoms with Crippen LogP contribution in [0.4, 0.5) is 0 Å². The maximum Gasteiger partial charge on any atom is 0.0780 e. The van der Waals surface area contributed by atoms with E-state index in [9.17, 15) is 5.11 Å². The molecule has 3 saturated carbocycles. The van der Waals surface area contributed by atoms with E-state index in [2.05, 4.69) is 73.6 Å². The van der Waals surface area contributed by atoms with E-state index in [0.29, 0.717) is 22.7 Å². The van der Waals surface area contributed by atoms with E-state index in [1.807, 2.05) is 5.57 Å². The molecule has 31 heavy (non-hydrogen) atoms. The highest BCUT2D eigenvalue weighted by Gasteiger charge is 2.68. The maximum absolute atomic E-state index is 11.4. The second kappa shape index (κ2) is 6.31. The van der Waals surface area contributed by atoms with E-state index in [-0.39, 0.29) is 27.8 Å². The average Bonchev–Trinajstić information content (AvgIpc) is 2.67. The van der Waals surface area contributed by atoms with Crippen LogP contribution in [-0.2, 0) is 0 Å². The van der Waals surface area contributed by atoms with Crippen LogP contribution in [0.1, 0.15) is 107 Å². The normalized spacial score (nSPS) is 54.7. The zero-order valence-electron chi connectivity index (χ0n) is 21.6. The molecule has 5 rings (SSSR count). The predicted octanol–water partition coefficient (Wildman–Crippen LogP) is 7.94. The highest BCUT2D eigenvalue weighted by atomic mass is 16.3. The fourth-order valence-electron chi connectivity index (χ4n) is 10.1. The lowest BCUT2D eigenvalue weighted by atomic mass is 9.34. The fourth-order valence-corrected chi connectivity index (χ4v) is 10.1. The van der Waals surface area contributed by atoms with Crippen molar-refractivity contribution in [3.63, 3.8) is 0 Å². The molecule has 1 N–H and O–H groups in total. The molecule has 5 aliphatic carbocycles. The van der Waals surface area contributed by atoms with Crippen LogP contribution in [0.2, 0.25) is 0 Å². The minimum absolute atomic E-state index is 0.0249. The molecule has 0 spiro atoms. The maximum atomic E-state index is 11.4. The Morgan fingerprint density at radius 3 is 2.23 bits per heavy atom. The van der Waals surface area contributed by atoms with Gasteiger partial charge in [-0.1, -0.05) is 79.2 Å². The number of aliphatic hydroxyl groups is 1. The van der Waals surface area contributed by atoms with Crippen LogP contribution >= 0.6 is 0 Å². The van der Waals surface area contributed by atoms with Crippen molar-refractivity contribution in [1.82, 2.24) is 0 Å². The van der Waals surface area contributed by atoms with Gasteiger partial charge in [0.2, 0.25) is 0 Å². The highest BCUT2D eigenvalue weighted by Crippen LogP contribution is 2.75. The lowest BCUT2D eigenvalue weighted by Gasteiger charge is -2.71. The third kappa shape index (κ3) is 2.71. The van der Waals surface area contributed by atoms with Gasteiger partial charge in [0.1, 0.15) is 0 Å². The van der Waals surface area contributed by atoms with Gasteiger partial charge in [0.05, 0.1) is 6.10 Å². The van der Waals surface area contributed by atoms with Gasteiger partial charge in [-0.25, -0.2) is 0 Å². The minimum atomic E-state index is -0.309.